The highest BCUT2D eigenvalue weighted by atomic mass is 35.5. The maximum Gasteiger partial charge on any atom is 0.245 e. The van der Waals surface area contributed by atoms with Crippen molar-refractivity contribution in [3.63, 3.8) is 0 Å². The molecule has 2 aliphatic rings. The first-order valence-electron chi connectivity index (χ1n) is 8.37. The minimum Gasteiger partial charge on any atom is -0.374 e. The average molecular weight is 340 g/mol. The molecule has 2 saturated heterocycles. The summed E-state index contributed by atoms with van der Waals surface area (Å²) in [5, 5.41) is 6.89. The lowest BCUT2D eigenvalue weighted by Gasteiger charge is -2.35. The van der Waals surface area contributed by atoms with E-state index in [4.69, 9.17) is 11.6 Å². The summed E-state index contributed by atoms with van der Waals surface area (Å²) in [6.45, 7) is 2.71. The number of hydrogen-bond donors (Lipinski definition) is 2. The lowest BCUT2D eigenvalue weighted by atomic mass is 10.0. The molecule has 2 heterocycles. The van der Waals surface area contributed by atoms with Crippen molar-refractivity contribution in [1.29, 1.82) is 0 Å². The molecule has 0 aromatic heterocycles. The van der Waals surface area contributed by atoms with Crippen LogP contribution >= 0.6 is 11.6 Å². The second-order valence-corrected chi connectivity index (χ2v) is 6.82. The highest BCUT2D eigenvalue weighted by Gasteiger charge is 2.32. The lowest BCUT2D eigenvalue weighted by molar-refractivity contribution is -0.134. The van der Waals surface area contributed by atoms with Gasteiger partial charge in [0, 0.05) is 29.8 Å². The molecule has 0 spiro atoms. The van der Waals surface area contributed by atoms with Crippen LogP contribution in [0.15, 0.2) is 18.2 Å². The predicted molar refractivity (Wildman–Crippen MR) is 90.3 cm³/mol. The number of piperidine rings is 1. The number of anilines is 1. The van der Waals surface area contributed by atoms with E-state index in [2.05, 4.69) is 10.6 Å². The van der Waals surface area contributed by atoms with Crippen LogP contribution < -0.4 is 10.6 Å². The van der Waals surface area contributed by atoms with Gasteiger partial charge >= 0.3 is 0 Å². The Morgan fingerprint density at radius 2 is 2.09 bits per heavy atom. The lowest BCUT2D eigenvalue weighted by Crippen LogP contribution is -2.52. The molecule has 23 heavy (non-hydrogen) atoms. The number of carbonyl (C=O) groups is 1. The van der Waals surface area contributed by atoms with Gasteiger partial charge in [0.15, 0.2) is 0 Å². The fourth-order valence-electron chi connectivity index (χ4n) is 3.50. The number of rotatable bonds is 3. The van der Waals surface area contributed by atoms with Crippen LogP contribution in [0.25, 0.3) is 0 Å². The van der Waals surface area contributed by atoms with Crippen molar-refractivity contribution in [2.75, 3.05) is 25.0 Å². The summed E-state index contributed by atoms with van der Waals surface area (Å²) in [7, 11) is 0. The van der Waals surface area contributed by atoms with Gasteiger partial charge in [-0.2, -0.15) is 0 Å². The first-order valence-corrected chi connectivity index (χ1v) is 8.75. The summed E-state index contributed by atoms with van der Waals surface area (Å²) < 4.78 is 13.5. The van der Waals surface area contributed by atoms with E-state index in [0.29, 0.717) is 10.7 Å². The fraction of sp³-hybridized carbons (Fsp3) is 0.588. The molecule has 6 heteroatoms. The van der Waals surface area contributed by atoms with Crippen LogP contribution in [0.1, 0.15) is 32.1 Å². The largest absolute Gasteiger partial charge is 0.374 e. The summed E-state index contributed by atoms with van der Waals surface area (Å²) in [4.78, 5) is 14.9. The van der Waals surface area contributed by atoms with Crippen LogP contribution in [0.2, 0.25) is 5.02 Å². The van der Waals surface area contributed by atoms with E-state index in [9.17, 15) is 9.18 Å². The van der Waals surface area contributed by atoms with Gasteiger partial charge in [-0.25, -0.2) is 4.39 Å². The van der Waals surface area contributed by atoms with Gasteiger partial charge in [0.25, 0.3) is 0 Å². The first-order chi connectivity index (χ1) is 11.1. The minimum absolute atomic E-state index is 0.122. The minimum atomic E-state index is -0.394. The van der Waals surface area contributed by atoms with Crippen LogP contribution in [0.4, 0.5) is 10.1 Å². The highest BCUT2D eigenvalue weighted by Crippen LogP contribution is 2.23. The molecule has 0 radical (unpaired) electrons. The topological polar surface area (TPSA) is 44.4 Å². The summed E-state index contributed by atoms with van der Waals surface area (Å²) in [6, 6.07) is 4.28. The Labute approximate surface area is 141 Å². The summed E-state index contributed by atoms with van der Waals surface area (Å²) in [5.74, 6) is -0.272. The second kappa shape index (κ2) is 7.49. The van der Waals surface area contributed by atoms with Gasteiger partial charge in [-0.05, 0) is 56.8 Å². The van der Waals surface area contributed by atoms with Crippen LogP contribution in [0.5, 0.6) is 0 Å². The Morgan fingerprint density at radius 3 is 2.83 bits per heavy atom. The van der Waals surface area contributed by atoms with Crippen LogP contribution in [-0.4, -0.2) is 42.5 Å². The Bertz CT molecular complexity index is 543. The third-order valence-electron chi connectivity index (χ3n) is 4.64. The second-order valence-electron chi connectivity index (χ2n) is 6.38. The van der Waals surface area contributed by atoms with E-state index >= 15 is 0 Å². The maximum atomic E-state index is 13.5. The molecule has 2 N–H and O–H groups in total. The SMILES string of the molecule is O=C1[C@H](Nc2cc(F)cc(Cl)c2)CCCCN1[C@@H]1CCCNC1. The fourth-order valence-corrected chi connectivity index (χ4v) is 3.72. The number of amides is 1. The first kappa shape index (κ1) is 16.5. The molecule has 3 rings (SSSR count). The van der Waals surface area contributed by atoms with Crippen LogP contribution in [0, 0.1) is 5.82 Å². The van der Waals surface area contributed by atoms with Crippen molar-refractivity contribution >= 4 is 23.2 Å². The van der Waals surface area contributed by atoms with Gasteiger partial charge in [0.05, 0.1) is 0 Å². The molecule has 1 aromatic rings. The number of hydrogen-bond acceptors (Lipinski definition) is 3. The van der Waals surface area contributed by atoms with Gasteiger partial charge in [-0.15, -0.1) is 0 Å². The molecule has 0 saturated carbocycles. The average Bonchev–Trinajstić information content (AvgIpc) is 2.70. The number of carbonyl (C=O) groups excluding carboxylic acids is 1. The normalized spacial score (nSPS) is 26.0. The summed E-state index contributed by atoms with van der Waals surface area (Å²) >= 11 is 5.90. The van der Waals surface area contributed by atoms with E-state index in [0.717, 1.165) is 51.7 Å². The smallest absolute Gasteiger partial charge is 0.245 e. The van der Waals surface area contributed by atoms with Crippen molar-refractivity contribution < 1.29 is 9.18 Å². The van der Waals surface area contributed by atoms with Gasteiger partial charge in [-0.3, -0.25) is 4.79 Å². The van der Waals surface area contributed by atoms with Gasteiger partial charge in [-0.1, -0.05) is 11.6 Å². The number of nitrogens with one attached hydrogen (secondary N) is 2. The summed E-state index contributed by atoms with van der Waals surface area (Å²) in [6.07, 6.45) is 4.93. The molecule has 2 atom stereocenters. The third-order valence-corrected chi connectivity index (χ3v) is 4.86. The molecule has 1 amide bonds. The number of nitrogens with zero attached hydrogens (tertiary/aromatic N) is 1. The Balaban J connectivity index is 1.73. The molecule has 2 fully saturated rings. The van der Waals surface area contributed by atoms with Crippen molar-refractivity contribution in [1.82, 2.24) is 10.2 Å². The molecule has 0 aliphatic carbocycles. The quantitative estimate of drug-likeness (QED) is 0.889. The third kappa shape index (κ3) is 4.15. The molecule has 126 valence electrons. The molecule has 4 nitrogen and oxygen atoms in total. The molecule has 0 bridgehead atoms. The zero-order valence-corrected chi connectivity index (χ0v) is 13.9. The van der Waals surface area contributed by atoms with Crippen molar-refractivity contribution in [3.05, 3.63) is 29.0 Å². The zero-order valence-electron chi connectivity index (χ0n) is 13.2. The molecule has 0 unspecified atom stereocenters. The summed E-state index contributed by atoms with van der Waals surface area (Å²) in [5.41, 5.74) is 0.567. The maximum absolute atomic E-state index is 13.5. The van der Waals surface area contributed by atoms with E-state index in [1.165, 1.54) is 12.1 Å². The Morgan fingerprint density at radius 1 is 1.22 bits per heavy atom. The molecule has 2 aliphatic heterocycles. The standard InChI is InChI=1S/C17H23ClFN3O/c18-12-8-13(19)10-14(9-12)21-16-5-1-2-7-22(17(16)23)15-4-3-6-20-11-15/h8-10,15-16,20-21H,1-7,11H2/t15-,16-/m1/s1. The van der Waals surface area contributed by atoms with Gasteiger partial charge < -0.3 is 15.5 Å². The van der Waals surface area contributed by atoms with Crippen molar-refractivity contribution in [3.8, 4) is 0 Å². The van der Waals surface area contributed by atoms with E-state index in [1.807, 2.05) is 4.90 Å². The molecule has 1 aromatic carbocycles. The highest BCUT2D eigenvalue weighted by molar-refractivity contribution is 6.30. The van der Waals surface area contributed by atoms with Gasteiger partial charge in [0.1, 0.15) is 11.9 Å². The van der Waals surface area contributed by atoms with Crippen molar-refractivity contribution in [2.24, 2.45) is 0 Å². The Kier molecular flexibility index (Phi) is 5.38. The van der Waals surface area contributed by atoms with Crippen LogP contribution in [-0.2, 0) is 4.79 Å². The number of benzene rings is 1. The molecular formula is C17H23ClFN3O. The van der Waals surface area contributed by atoms with Crippen molar-refractivity contribution in [2.45, 2.75) is 44.2 Å². The Hall–Kier alpha value is -1.33. The van der Waals surface area contributed by atoms with E-state index < -0.39 is 5.82 Å². The molecular weight excluding hydrogens is 317 g/mol. The zero-order chi connectivity index (χ0) is 16.2. The number of halogens is 2. The van der Waals surface area contributed by atoms with E-state index in [-0.39, 0.29) is 18.0 Å². The monoisotopic (exact) mass is 339 g/mol. The van der Waals surface area contributed by atoms with E-state index in [1.54, 1.807) is 6.07 Å². The van der Waals surface area contributed by atoms with Gasteiger partial charge in [0.2, 0.25) is 5.91 Å². The number of likely N-dealkylation sites (tertiary alicyclic amines) is 1. The predicted octanol–water partition coefficient (Wildman–Crippen LogP) is 3.02. The van der Waals surface area contributed by atoms with Crippen LogP contribution in [0.3, 0.4) is 0 Å².